The van der Waals surface area contributed by atoms with E-state index in [1.165, 1.54) is 0 Å². The minimum Gasteiger partial charge on any atom is -0.383 e. The fourth-order valence-corrected chi connectivity index (χ4v) is 1.99. The molecular weight excluding hydrogens is 184 g/mol. The summed E-state index contributed by atoms with van der Waals surface area (Å²) >= 11 is 1.59. The predicted molar refractivity (Wildman–Crippen MR) is 53.5 cm³/mol. The molecule has 68 valence electrons. The maximum atomic E-state index is 5.67. The van der Waals surface area contributed by atoms with Crippen molar-refractivity contribution in [1.29, 1.82) is 0 Å². The number of hydrogen-bond acceptors (Lipinski definition) is 4. The Morgan fingerprint density at radius 3 is 3.00 bits per heavy atom. The first-order valence-corrected chi connectivity index (χ1v) is 4.93. The average Bonchev–Trinajstić information content (AvgIpc) is 2.71. The van der Waals surface area contributed by atoms with Crippen molar-refractivity contribution >= 4 is 17.2 Å². The first-order chi connectivity index (χ1) is 6.31. The second-order valence-electron chi connectivity index (χ2n) is 2.69. The van der Waals surface area contributed by atoms with Crippen molar-refractivity contribution in [2.24, 2.45) is 0 Å². The van der Waals surface area contributed by atoms with Gasteiger partial charge in [0.1, 0.15) is 10.8 Å². The van der Waals surface area contributed by atoms with E-state index in [0.717, 1.165) is 22.7 Å². The van der Waals surface area contributed by atoms with Crippen molar-refractivity contribution < 1.29 is 0 Å². The quantitative estimate of drug-likeness (QED) is 0.764. The van der Waals surface area contributed by atoms with Crippen molar-refractivity contribution in [3.63, 3.8) is 0 Å². The van der Waals surface area contributed by atoms with Gasteiger partial charge in [-0.2, -0.15) is 5.10 Å². The summed E-state index contributed by atoms with van der Waals surface area (Å²) in [7, 11) is 0. The average molecular weight is 194 g/mol. The minimum absolute atomic E-state index is 0.581. The molecule has 0 fully saturated rings. The highest BCUT2D eigenvalue weighted by Gasteiger charge is 2.08. The topological polar surface area (TPSA) is 67.6 Å². The van der Waals surface area contributed by atoms with E-state index in [0.29, 0.717) is 5.82 Å². The molecule has 2 rings (SSSR count). The number of aromatic nitrogens is 3. The number of aromatic amines is 1. The second-order valence-corrected chi connectivity index (χ2v) is 3.55. The monoisotopic (exact) mass is 194 g/mol. The van der Waals surface area contributed by atoms with Crippen molar-refractivity contribution in [3.8, 4) is 10.6 Å². The number of nitrogens with two attached hydrogens (primary N) is 1. The summed E-state index contributed by atoms with van der Waals surface area (Å²) in [5, 5.41) is 9.52. The van der Waals surface area contributed by atoms with Crippen LogP contribution in [-0.4, -0.2) is 15.2 Å². The van der Waals surface area contributed by atoms with Gasteiger partial charge in [-0.25, -0.2) is 4.98 Å². The van der Waals surface area contributed by atoms with Crippen LogP contribution in [0, 0.1) is 0 Å². The van der Waals surface area contributed by atoms with E-state index in [9.17, 15) is 0 Å². The molecular formula is C8H10N4S. The maximum Gasteiger partial charge on any atom is 0.129 e. The third kappa shape index (κ3) is 1.42. The lowest BCUT2D eigenvalue weighted by Gasteiger charge is -1.90. The summed E-state index contributed by atoms with van der Waals surface area (Å²) in [4.78, 5) is 4.41. The maximum absolute atomic E-state index is 5.67. The molecule has 4 nitrogen and oxygen atoms in total. The summed E-state index contributed by atoms with van der Waals surface area (Å²) < 4.78 is 0. The Balaban J connectivity index is 2.41. The van der Waals surface area contributed by atoms with Crippen LogP contribution in [0.3, 0.4) is 0 Å². The molecule has 0 aliphatic rings. The summed E-state index contributed by atoms with van der Waals surface area (Å²) in [6.45, 7) is 2.08. The van der Waals surface area contributed by atoms with Gasteiger partial charge in [0, 0.05) is 5.38 Å². The molecule has 0 radical (unpaired) electrons. The molecule has 2 aromatic rings. The van der Waals surface area contributed by atoms with Crippen LogP contribution >= 0.6 is 11.3 Å². The van der Waals surface area contributed by atoms with Crippen molar-refractivity contribution in [2.75, 3.05) is 5.73 Å². The number of aryl methyl sites for hydroxylation is 1. The Morgan fingerprint density at radius 1 is 1.62 bits per heavy atom. The van der Waals surface area contributed by atoms with E-state index < -0.39 is 0 Å². The number of thiazole rings is 1. The van der Waals surface area contributed by atoms with Crippen LogP contribution < -0.4 is 5.73 Å². The number of H-pyrrole nitrogens is 1. The first kappa shape index (κ1) is 8.25. The third-order valence-electron chi connectivity index (χ3n) is 1.81. The molecule has 2 heterocycles. The van der Waals surface area contributed by atoms with E-state index in [1.54, 1.807) is 17.5 Å². The molecule has 0 aliphatic heterocycles. The van der Waals surface area contributed by atoms with Gasteiger partial charge >= 0.3 is 0 Å². The van der Waals surface area contributed by atoms with Gasteiger partial charge in [0.2, 0.25) is 0 Å². The lowest BCUT2D eigenvalue weighted by molar-refractivity contribution is 1.07. The van der Waals surface area contributed by atoms with E-state index in [4.69, 9.17) is 5.73 Å². The van der Waals surface area contributed by atoms with Gasteiger partial charge in [0.25, 0.3) is 0 Å². The molecule has 0 saturated heterocycles. The summed E-state index contributed by atoms with van der Waals surface area (Å²) in [6.07, 6.45) is 2.65. The van der Waals surface area contributed by atoms with Crippen LogP contribution in [0.2, 0.25) is 0 Å². The first-order valence-electron chi connectivity index (χ1n) is 4.05. The van der Waals surface area contributed by atoms with Crippen LogP contribution in [0.5, 0.6) is 0 Å². The standard InChI is InChI=1S/C8H10N4S/c1-2-5-4-13-8(11-5)6-3-10-12-7(6)9/h3-4H,2H2,1H3,(H3,9,10,12). The molecule has 0 aliphatic carbocycles. The molecule has 0 spiro atoms. The van der Waals surface area contributed by atoms with Crippen LogP contribution in [0.1, 0.15) is 12.6 Å². The van der Waals surface area contributed by atoms with Crippen LogP contribution in [0.4, 0.5) is 5.82 Å². The van der Waals surface area contributed by atoms with Gasteiger partial charge in [-0.05, 0) is 6.42 Å². The number of anilines is 1. The Bertz CT molecular complexity index is 404. The van der Waals surface area contributed by atoms with Gasteiger partial charge in [0.05, 0.1) is 17.5 Å². The zero-order valence-corrected chi connectivity index (χ0v) is 8.06. The van der Waals surface area contributed by atoms with Crippen molar-refractivity contribution in [3.05, 3.63) is 17.3 Å². The SMILES string of the molecule is CCc1csc(-c2cn[nH]c2N)n1. The highest BCUT2D eigenvalue weighted by Crippen LogP contribution is 2.26. The molecule has 5 heteroatoms. The van der Waals surface area contributed by atoms with Crippen molar-refractivity contribution in [2.45, 2.75) is 13.3 Å². The number of rotatable bonds is 2. The number of nitrogens with zero attached hydrogens (tertiary/aromatic N) is 2. The van der Waals surface area contributed by atoms with Gasteiger partial charge in [-0.15, -0.1) is 11.3 Å². The molecule has 3 N–H and O–H groups in total. The predicted octanol–water partition coefficient (Wildman–Crippen LogP) is 1.68. The number of nitrogens with one attached hydrogen (secondary N) is 1. The normalized spacial score (nSPS) is 10.5. The van der Waals surface area contributed by atoms with Crippen LogP contribution in [-0.2, 0) is 6.42 Å². The molecule has 2 aromatic heterocycles. The third-order valence-corrected chi connectivity index (χ3v) is 2.74. The Kier molecular flexibility index (Phi) is 2.02. The Morgan fingerprint density at radius 2 is 2.46 bits per heavy atom. The second kappa shape index (κ2) is 3.18. The van der Waals surface area contributed by atoms with Gasteiger partial charge in [-0.1, -0.05) is 6.92 Å². The fourth-order valence-electron chi connectivity index (χ4n) is 1.06. The van der Waals surface area contributed by atoms with E-state index in [2.05, 4.69) is 22.1 Å². The van der Waals surface area contributed by atoms with Gasteiger partial charge < -0.3 is 5.73 Å². The smallest absolute Gasteiger partial charge is 0.129 e. The fraction of sp³-hybridized carbons (Fsp3) is 0.250. The molecule has 0 saturated carbocycles. The van der Waals surface area contributed by atoms with Crippen LogP contribution in [0.15, 0.2) is 11.6 Å². The molecule has 0 atom stereocenters. The number of nitrogen functional groups attached to an aromatic ring is 1. The summed E-state index contributed by atoms with van der Waals surface area (Å²) in [6, 6.07) is 0. The minimum atomic E-state index is 0.581. The van der Waals surface area contributed by atoms with E-state index in [1.807, 2.05) is 5.38 Å². The Hall–Kier alpha value is -1.36. The molecule has 0 unspecified atom stereocenters. The lowest BCUT2D eigenvalue weighted by atomic mass is 10.3. The van der Waals surface area contributed by atoms with E-state index in [-0.39, 0.29) is 0 Å². The summed E-state index contributed by atoms with van der Waals surface area (Å²) in [5.74, 6) is 0.581. The highest BCUT2D eigenvalue weighted by atomic mass is 32.1. The molecule has 13 heavy (non-hydrogen) atoms. The Labute approximate surface area is 79.8 Å². The summed E-state index contributed by atoms with van der Waals surface area (Å²) in [5.41, 5.74) is 7.66. The molecule has 0 amide bonds. The highest BCUT2D eigenvalue weighted by molar-refractivity contribution is 7.13. The molecule has 0 aromatic carbocycles. The lowest BCUT2D eigenvalue weighted by Crippen LogP contribution is -1.87. The van der Waals surface area contributed by atoms with E-state index >= 15 is 0 Å². The largest absolute Gasteiger partial charge is 0.383 e. The van der Waals surface area contributed by atoms with Gasteiger partial charge in [0.15, 0.2) is 0 Å². The van der Waals surface area contributed by atoms with Crippen LogP contribution in [0.25, 0.3) is 10.6 Å². The van der Waals surface area contributed by atoms with Gasteiger partial charge in [-0.3, -0.25) is 5.10 Å². The zero-order valence-electron chi connectivity index (χ0n) is 7.24. The zero-order chi connectivity index (χ0) is 9.26. The molecule has 0 bridgehead atoms. The van der Waals surface area contributed by atoms with Crippen molar-refractivity contribution in [1.82, 2.24) is 15.2 Å². The number of hydrogen-bond donors (Lipinski definition) is 2.